The summed E-state index contributed by atoms with van der Waals surface area (Å²) in [6, 6.07) is 12.8. The maximum absolute atomic E-state index is 13.5. The van der Waals surface area contributed by atoms with Gasteiger partial charge in [-0.2, -0.15) is 0 Å². The van der Waals surface area contributed by atoms with E-state index in [1.54, 1.807) is 49.6 Å². The molecule has 1 saturated heterocycles. The van der Waals surface area contributed by atoms with Gasteiger partial charge in [0.15, 0.2) is 12.4 Å². The number of rotatable bonds is 6. The fraction of sp³-hybridized carbons (Fsp3) is 0.160. The Bertz CT molecular complexity index is 1300. The number of amides is 1. The van der Waals surface area contributed by atoms with Gasteiger partial charge in [-0.15, -0.1) is 0 Å². The van der Waals surface area contributed by atoms with Gasteiger partial charge in [-0.25, -0.2) is 4.98 Å². The van der Waals surface area contributed by atoms with E-state index in [4.69, 9.17) is 4.74 Å². The van der Waals surface area contributed by atoms with E-state index in [-0.39, 0.29) is 23.4 Å². The normalized spacial score (nSPS) is 17.1. The fourth-order valence-electron chi connectivity index (χ4n) is 4.06. The molecular formula is C25H21N3O6. The summed E-state index contributed by atoms with van der Waals surface area (Å²) in [5, 5.41) is 24.6. The Kier molecular flexibility index (Phi) is 6.09. The Morgan fingerprint density at radius 3 is 2.47 bits per heavy atom. The number of non-ortho nitro benzene ring substituents is 1. The summed E-state index contributed by atoms with van der Waals surface area (Å²) in [6.07, 6.45) is 3.40. The molecule has 1 unspecified atom stereocenters. The number of nitro benzene ring substituents is 1. The quantitative estimate of drug-likeness (QED) is 0.183. The van der Waals surface area contributed by atoms with E-state index in [0.29, 0.717) is 16.9 Å². The molecule has 9 nitrogen and oxygen atoms in total. The van der Waals surface area contributed by atoms with Gasteiger partial charge in [-0.3, -0.25) is 19.7 Å². The van der Waals surface area contributed by atoms with Crippen molar-refractivity contribution >= 4 is 23.1 Å². The first-order valence-corrected chi connectivity index (χ1v) is 10.4. The molecule has 2 aromatic carbocycles. The lowest BCUT2D eigenvalue weighted by atomic mass is 9.94. The molecule has 0 aliphatic carbocycles. The second-order valence-corrected chi connectivity index (χ2v) is 7.85. The summed E-state index contributed by atoms with van der Waals surface area (Å²) in [7, 11) is 1.52. The van der Waals surface area contributed by atoms with Crippen LogP contribution in [-0.2, 0) is 16.1 Å². The number of pyridine rings is 1. The van der Waals surface area contributed by atoms with Crippen molar-refractivity contribution in [2.24, 2.45) is 0 Å². The number of benzene rings is 2. The highest BCUT2D eigenvalue weighted by Crippen LogP contribution is 2.40. The molecule has 1 atom stereocenters. The Hall–Kier alpha value is -4.53. The maximum atomic E-state index is 13.5. The molecule has 1 fully saturated rings. The number of nitrogens with one attached hydrogen (secondary N) is 1. The van der Waals surface area contributed by atoms with Crippen LogP contribution in [0, 0.1) is 17.0 Å². The number of aromatic nitrogens is 1. The number of likely N-dealkylation sites (tertiary alicyclic amines) is 1. The van der Waals surface area contributed by atoms with Crippen molar-refractivity contribution < 1.29 is 29.3 Å². The van der Waals surface area contributed by atoms with E-state index in [1.165, 1.54) is 36.3 Å². The zero-order valence-electron chi connectivity index (χ0n) is 18.5. The minimum Gasteiger partial charge on any atom is -0.872 e. The molecule has 1 amide bonds. The minimum absolute atomic E-state index is 0.0714. The SMILES string of the molecule is COc1ccc(/C([O-])=C2\C(=O)C(=O)N(Cc3ccc[nH+]c3)C2c2ccc([N+](=O)[O-])cc2)cc1C. The van der Waals surface area contributed by atoms with Crippen molar-refractivity contribution in [1.29, 1.82) is 0 Å². The second-order valence-electron chi connectivity index (χ2n) is 7.85. The van der Waals surface area contributed by atoms with Crippen LogP contribution < -0.4 is 14.8 Å². The number of carbonyl (C=O) groups is 2. The van der Waals surface area contributed by atoms with Crippen molar-refractivity contribution in [1.82, 2.24) is 4.90 Å². The van der Waals surface area contributed by atoms with Crippen LogP contribution in [0.3, 0.4) is 0 Å². The van der Waals surface area contributed by atoms with E-state index in [0.717, 1.165) is 5.56 Å². The number of nitro groups is 1. The molecule has 0 bridgehead atoms. The van der Waals surface area contributed by atoms with Gasteiger partial charge < -0.3 is 14.7 Å². The second kappa shape index (κ2) is 9.14. The van der Waals surface area contributed by atoms with Crippen molar-refractivity contribution in [3.63, 3.8) is 0 Å². The molecule has 1 aromatic heterocycles. The van der Waals surface area contributed by atoms with Crippen LogP contribution in [0.25, 0.3) is 5.76 Å². The summed E-state index contributed by atoms with van der Waals surface area (Å²) in [6.45, 7) is 1.84. The minimum atomic E-state index is -0.990. The largest absolute Gasteiger partial charge is 0.872 e. The number of Topliss-reactive ketones (excluding diaryl/α,β-unsaturated/α-hetero) is 1. The zero-order valence-corrected chi connectivity index (χ0v) is 18.5. The molecule has 1 N–H and O–H groups in total. The fourth-order valence-corrected chi connectivity index (χ4v) is 4.06. The highest BCUT2D eigenvalue weighted by Gasteiger charge is 2.44. The van der Waals surface area contributed by atoms with Crippen LogP contribution in [0.4, 0.5) is 5.69 Å². The summed E-state index contributed by atoms with van der Waals surface area (Å²) < 4.78 is 5.24. The Balaban J connectivity index is 1.86. The van der Waals surface area contributed by atoms with Crippen molar-refractivity contribution in [3.05, 3.63) is 105 Å². The molecule has 172 valence electrons. The van der Waals surface area contributed by atoms with Crippen LogP contribution in [0.5, 0.6) is 5.75 Å². The van der Waals surface area contributed by atoms with Gasteiger partial charge in [-0.1, -0.05) is 11.8 Å². The van der Waals surface area contributed by atoms with Gasteiger partial charge in [0.05, 0.1) is 24.6 Å². The third-order valence-electron chi connectivity index (χ3n) is 5.73. The topological polar surface area (TPSA) is 127 Å². The molecule has 9 heteroatoms. The highest BCUT2D eigenvalue weighted by atomic mass is 16.6. The number of aromatic amines is 1. The van der Waals surface area contributed by atoms with Gasteiger partial charge in [0.2, 0.25) is 5.78 Å². The van der Waals surface area contributed by atoms with E-state index in [2.05, 4.69) is 4.98 Å². The number of aryl methyl sites for hydroxylation is 1. The van der Waals surface area contributed by atoms with Gasteiger partial charge in [0.25, 0.3) is 11.6 Å². The first kappa shape index (κ1) is 22.7. The number of ketones is 1. The Labute approximate surface area is 195 Å². The predicted molar refractivity (Wildman–Crippen MR) is 119 cm³/mol. The summed E-state index contributed by atoms with van der Waals surface area (Å²) >= 11 is 0. The first-order valence-electron chi connectivity index (χ1n) is 10.4. The number of methoxy groups -OCH3 is 1. The van der Waals surface area contributed by atoms with Gasteiger partial charge in [-0.05, 0) is 53.9 Å². The van der Waals surface area contributed by atoms with Crippen molar-refractivity contribution in [2.45, 2.75) is 19.5 Å². The van der Waals surface area contributed by atoms with Crippen molar-refractivity contribution in [3.8, 4) is 5.75 Å². The summed E-state index contributed by atoms with van der Waals surface area (Å²) in [4.78, 5) is 40.9. The lowest BCUT2D eigenvalue weighted by Gasteiger charge is -2.27. The molecular weight excluding hydrogens is 438 g/mol. The van der Waals surface area contributed by atoms with Gasteiger partial charge in [0.1, 0.15) is 5.75 Å². The number of carbonyl (C=O) groups excluding carboxylic acids is 2. The third kappa shape index (κ3) is 4.11. The van der Waals surface area contributed by atoms with Crippen LogP contribution in [0.1, 0.15) is 28.3 Å². The standard InChI is InChI=1S/C25H21N3O6/c1-15-12-18(7-10-20(15)34-2)23(29)21-22(17-5-8-19(9-6-17)28(32)33)27(25(31)24(21)30)14-16-4-3-11-26-13-16/h3-13,22,29H,14H2,1-2H3/b23-21+. The van der Waals surface area contributed by atoms with Crippen molar-refractivity contribution in [2.75, 3.05) is 7.11 Å². The monoisotopic (exact) mass is 459 g/mol. The maximum Gasteiger partial charge on any atom is 0.295 e. The van der Waals surface area contributed by atoms with Crippen LogP contribution in [0.2, 0.25) is 0 Å². The molecule has 3 aromatic rings. The lowest BCUT2D eigenvalue weighted by molar-refractivity contribution is -0.384. The molecule has 0 spiro atoms. The molecule has 1 aliphatic heterocycles. The smallest absolute Gasteiger partial charge is 0.295 e. The molecule has 34 heavy (non-hydrogen) atoms. The summed E-state index contributed by atoms with van der Waals surface area (Å²) in [5.41, 5.74) is 1.78. The first-order chi connectivity index (χ1) is 16.3. The van der Waals surface area contributed by atoms with Gasteiger partial charge in [0, 0.05) is 29.3 Å². The highest BCUT2D eigenvalue weighted by molar-refractivity contribution is 6.46. The predicted octanol–water partition coefficient (Wildman–Crippen LogP) is 2.15. The molecule has 2 heterocycles. The van der Waals surface area contributed by atoms with Crippen LogP contribution >= 0.6 is 0 Å². The average Bonchev–Trinajstić information content (AvgIpc) is 3.09. The number of H-pyrrole nitrogens is 1. The summed E-state index contributed by atoms with van der Waals surface area (Å²) in [5.74, 6) is -1.68. The van der Waals surface area contributed by atoms with E-state index >= 15 is 0 Å². The molecule has 0 radical (unpaired) electrons. The molecule has 1 aliphatic rings. The number of hydrogen-bond donors (Lipinski definition) is 0. The number of hydrogen-bond acceptors (Lipinski definition) is 6. The molecule has 0 saturated carbocycles. The lowest BCUT2D eigenvalue weighted by Crippen LogP contribution is -2.29. The number of ether oxygens (including phenoxy) is 1. The van der Waals surface area contributed by atoms with E-state index < -0.39 is 28.4 Å². The Morgan fingerprint density at radius 2 is 1.88 bits per heavy atom. The van der Waals surface area contributed by atoms with Gasteiger partial charge >= 0.3 is 0 Å². The van der Waals surface area contributed by atoms with E-state index in [9.17, 15) is 24.8 Å². The van der Waals surface area contributed by atoms with Crippen LogP contribution in [0.15, 0.2) is 72.6 Å². The average molecular weight is 459 g/mol. The molecule has 4 rings (SSSR count). The number of nitrogens with zero attached hydrogens (tertiary/aromatic N) is 2. The third-order valence-corrected chi connectivity index (χ3v) is 5.73. The van der Waals surface area contributed by atoms with E-state index in [1.807, 2.05) is 0 Å². The van der Waals surface area contributed by atoms with Crippen LogP contribution in [-0.4, -0.2) is 28.6 Å². The Morgan fingerprint density at radius 1 is 1.15 bits per heavy atom. The zero-order chi connectivity index (χ0) is 24.4.